The summed E-state index contributed by atoms with van der Waals surface area (Å²) in [6, 6.07) is 7.97. The molecule has 37 heavy (non-hydrogen) atoms. The maximum atomic E-state index is 13.2. The third-order valence-corrected chi connectivity index (χ3v) is 7.09. The van der Waals surface area contributed by atoms with E-state index in [0.29, 0.717) is 22.6 Å². The molecule has 7 nitrogen and oxygen atoms in total. The fourth-order valence-corrected chi connectivity index (χ4v) is 4.79. The summed E-state index contributed by atoms with van der Waals surface area (Å²) in [4.78, 5) is 29.7. The zero-order valence-electron chi connectivity index (χ0n) is 20.4. The summed E-state index contributed by atoms with van der Waals surface area (Å²) in [5.74, 6) is 6.07. The Bertz CT molecular complexity index is 1380. The fourth-order valence-electron chi connectivity index (χ4n) is 4.58. The van der Waals surface area contributed by atoms with Gasteiger partial charge in [-0.2, -0.15) is 5.10 Å². The Hall–Kier alpha value is -3.70. The Labute approximate surface area is 219 Å². The highest BCUT2D eigenvalue weighted by atomic mass is 35.5. The van der Waals surface area contributed by atoms with Gasteiger partial charge in [-0.05, 0) is 81.3 Å². The molecule has 0 bridgehead atoms. The minimum absolute atomic E-state index is 0.0282. The minimum Gasteiger partial charge on any atom is -0.353 e. The van der Waals surface area contributed by atoms with E-state index in [-0.39, 0.29) is 40.7 Å². The van der Waals surface area contributed by atoms with Gasteiger partial charge in [0.15, 0.2) is 0 Å². The quantitative estimate of drug-likeness (QED) is 0.462. The summed E-state index contributed by atoms with van der Waals surface area (Å²) < 4.78 is 14.8. The number of hydrogen-bond acceptors (Lipinski definition) is 4. The predicted octanol–water partition coefficient (Wildman–Crippen LogP) is 5.04. The standard InChI is InChI=1S/C28H27ClFN5O2/c1-17-14-19(3-2-18-4-8-21(30)9-5-18)15-31-26(17)34-28(37)25-24(29)16-32-35(25)23-12-10-22(11-13-23)33-27(36)20-6-7-20/h4-5,8-9,14-16,20,22-23H,6-7,10-13H2,1H3,(H,33,36)(H,31,34,37). The zero-order chi connectivity index (χ0) is 25.9. The van der Waals surface area contributed by atoms with Gasteiger partial charge < -0.3 is 10.6 Å². The average Bonchev–Trinajstić information content (AvgIpc) is 3.67. The zero-order valence-corrected chi connectivity index (χ0v) is 21.2. The number of pyridine rings is 1. The van der Waals surface area contributed by atoms with Gasteiger partial charge >= 0.3 is 0 Å². The lowest BCUT2D eigenvalue weighted by Crippen LogP contribution is -2.39. The summed E-state index contributed by atoms with van der Waals surface area (Å²) in [6.45, 7) is 1.84. The molecule has 0 aliphatic heterocycles. The van der Waals surface area contributed by atoms with Gasteiger partial charge in [-0.15, -0.1) is 0 Å². The van der Waals surface area contributed by atoms with E-state index in [0.717, 1.165) is 44.1 Å². The monoisotopic (exact) mass is 519 g/mol. The maximum Gasteiger partial charge on any atom is 0.276 e. The summed E-state index contributed by atoms with van der Waals surface area (Å²) >= 11 is 6.38. The average molecular weight is 520 g/mol. The molecule has 2 aromatic heterocycles. The second kappa shape index (κ2) is 10.7. The maximum absolute atomic E-state index is 13.2. The lowest BCUT2D eigenvalue weighted by molar-refractivity contribution is -0.123. The number of hydrogen-bond donors (Lipinski definition) is 2. The van der Waals surface area contributed by atoms with Crippen molar-refractivity contribution >= 4 is 29.2 Å². The Balaban J connectivity index is 1.24. The molecule has 190 valence electrons. The molecule has 2 saturated carbocycles. The number of carbonyl (C=O) groups excluding carboxylic acids is 2. The smallest absolute Gasteiger partial charge is 0.276 e. The van der Waals surface area contributed by atoms with Crippen molar-refractivity contribution < 1.29 is 14.0 Å². The molecule has 0 radical (unpaired) electrons. The van der Waals surface area contributed by atoms with Crippen molar-refractivity contribution in [2.45, 2.75) is 57.5 Å². The van der Waals surface area contributed by atoms with Gasteiger partial charge in [0.2, 0.25) is 5.91 Å². The summed E-state index contributed by atoms with van der Waals surface area (Å²) in [5, 5.41) is 10.7. The van der Waals surface area contributed by atoms with Gasteiger partial charge in [-0.1, -0.05) is 23.4 Å². The molecule has 0 saturated heterocycles. The molecule has 2 aliphatic rings. The topological polar surface area (TPSA) is 88.9 Å². The molecule has 2 fully saturated rings. The number of rotatable bonds is 5. The first-order valence-electron chi connectivity index (χ1n) is 12.5. The van der Waals surface area contributed by atoms with Crippen LogP contribution < -0.4 is 10.6 Å². The highest BCUT2D eigenvalue weighted by Gasteiger charge is 2.33. The highest BCUT2D eigenvalue weighted by Crippen LogP contribution is 2.33. The van der Waals surface area contributed by atoms with Crippen molar-refractivity contribution in [2.24, 2.45) is 5.92 Å². The number of halogens is 2. The number of nitrogens with zero attached hydrogens (tertiary/aromatic N) is 3. The summed E-state index contributed by atoms with van der Waals surface area (Å²) in [5.41, 5.74) is 2.41. The van der Waals surface area contributed by atoms with Crippen LogP contribution in [0.2, 0.25) is 5.02 Å². The van der Waals surface area contributed by atoms with Crippen LogP contribution in [-0.4, -0.2) is 32.6 Å². The second-order valence-electron chi connectivity index (χ2n) is 9.67. The van der Waals surface area contributed by atoms with E-state index >= 15 is 0 Å². The Morgan fingerprint density at radius 2 is 1.73 bits per heavy atom. The molecule has 3 aromatic rings. The molecule has 2 heterocycles. The van der Waals surface area contributed by atoms with Gasteiger partial charge in [-0.3, -0.25) is 14.3 Å². The third-order valence-electron chi connectivity index (χ3n) is 6.81. The lowest BCUT2D eigenvalue weighted by atomic mass is 9.91. The number of nitrogens with one attached hydrogen (secondary N) is 2. The molecule has 0 spiro atoms. The van der Waals surface area contributed by atoms with Crippen LogP contribution in [0.4, 0.5) is 10.2 Å². The van der Waals surface area contributed by atoms with E-state index in [1.807, 2.05) is 13.0 Å². The second-order valence-corrected chi connectivity index (χ2v) is 10.1. The van der Waals surface area contributed by atoms with Gasteiger partial charge in [0.1, 0.15) is 17.3 Å². The van der Waals surface area contributed by atoms with Crippen LogP contribution in [0.25, 0.3) is 0 Å². The van der Waals surface area contributed by atoms with Crippen molar-refractivity contribution in [2.75, 3.05) is 5.32 Å². The highest BCUT2D eigenvalue weighted by molar-refractivity contribution is 6.34. The van der Waals surface area contributed by atoms with Crippen molar-refractivity contribution in [3.63, 3.8) is 0 Å². The van der Waals surface area contributed by atoms with Crippen molar-refractivity contribution in [1.29, 1.82) is 0 Å². The Kier molecular flexibility index (Phi) is 7.24. The van der Waals surface area contributed by atoms with Crippen LogP contribution in [0.3, 0.4) is 0 Å². The van der Waals surface area contributed by atoms with Gasteiger partial charge in [0.25, 0.3) is 5.91 Å². The van der Waals surface area contributed by atoms with Crippen LogP contribution in [-0.2, 0) is 4.79 Å². The van der Waals surface area contributed by atoms with Crippen molar-refractivity contribution in [3.05, 3.63) is 75.9 Å². The molecular weight excluding hydrogens is 493 g/mol. The van der Waals surface area contributed by atoms with Crippen LogP contribution >= 0.6 is 11.6 Å². The van der Waals surface area contributed by atoms with Gasteiger partial charge in [-0.25, -0.2) is 9.37 Å². The van der Waals surface area contributed by atoms with E-state index in [9.17, 15) is 14.0 Å². The number of benzene rings is 1. The molecule has 5 rings (SSSR count). The summed E-state index contributed by atoms with van der Waals surface area (Å²) in [6.07, 6.45) is 8.32. The minimum atomic E-state index is -0.382. The van der Waals surface area contributed by atoms with Crippen molar-refractivity contribution in [3.8, 4) is 11.8 Å². The SMILES string of the molecule is Cc1cc(C#Cc2ccc(F)cc2)cnc1NC(=O)c1c(Cl)cnn1C1CCC(NC(=O)C2CC2)CC1. The molecule has 9 heteroatoms. The largest absolute Gasteiger partial charge is 0.353 e. The van der Waals surface area contributed by atoms with E-state index in [2.05, 4.69) is 32.6 Å². The van der Waals surface area contributed by atoms with Crippen LogP contribution in [0.15, 0.2) is 42.7 Å². The number of aromatic nitrogens is 3. The number of anilines is 1. The number of amides is 2. The molecule has 1 aromatic carbocycles. The van der Waals surface area contributed by atoms with Crippen LogP contribution in [0, 0.1) is 30.5 Å². The van der Waals surface area contributed by atoms with E-state index < -0.39 is 0 Å². The first-order chi connectivity index (χ1) is 17.9. The van der Waals surface area contributed by atoms with Gasteiger partial charge in [0.05, 0.1) is 17.3 Å². The Morgan fingerprint density at radius 3 is 2.41 bits per heavy atom. The molecule has 0 unspecified atom stereocenters. The Morgan fingerprint density at radius 1 is 1.03 bits per heavy atom. The van der Waals surface area contributed by atoms with Crippen LogP contribution in [0.1, 0.15) is 71.7 Å². The molecule has 2 N–H and O–H groups in total. The normalized spacial score (nSPS) is 19.0. The first-order valence-corrected chi connectivity index (χ1v) is 12.8. The third kappa shape index (κ3) is 6.00. The molecule has 2 amide bonds. The predicted molar refractivity (Wildman–Crippen MR) is 139 cm³/mol. The molecule has 0 atom stereocenters. The molecular formula is C28H27ClFN5O2. The van der Waals surface area contributed by atoms with Crippen LogP contribution in [0.5, 0.6) is 0 Å². The van der Waals surface area contributed by atoms with E-state index in [4.69, 9.17) is 11.6 Å². The van der Waals surface area contributed by atoms with Crippen molar-refractivity contribution in [1.82, 2.24) is 20.1 Å². The summed E-state index contributed by atoms with van der Waals surface area (Å²) in [7, 11) is 0. The number of aryl methyl sites for hydroxylation is 1. The lowest BCUT2D eigenvalue weighted by Gasteiger charge is -2.30. The van der Waals surface area contributed by atoms with E-state index in [1.165, 1.54) is 18.3 Å². The fraction of sp³-hybridized carbons (Fsp3) is 0.357. The van der Waals surface area contributed by atoms with E-state index in [1.54, 1.807) is 23.0 Å². The number of carbonyl (C=O) groups is 2. The first kappa shape index (κ1) is 25.0. The molecule has 2 aliphatic carbocycles. The van der Waals surface area contributed by atoms with Gasteiger partial charge in [0, 0.05) is 29.3 Å².